The number of fused-ring (bicyclic) bond motifs is 1. The molecule has 1 aromatic carbocycles. The Morgan fingerprint density at radius 3 is 2.53 bits per heavy atom. The fourth-order valence-corrected chi connectivity index (χ4v) is 1.95. The number of aromatic nitrogens is 1. The molecule has 0 spiro atoms. The topological polar surface area (TPSA) is 51.6 Å². The van der Waals surface area contributed by atoms with Crippen molar-refractivity contribution in [1.82, 2.24) is 4.98 Å². The lowest BCUT2D eigenvalue weighted by molar-refractivity contribution is 0.277. The van der Waals surface area contributed by atoms with Crippen molar-refractivity contribution in [3.8, 4) is 11.5 Å². The van der Waals surface area contributed by atoms with Crippen molar-refractivity contribution in [3.05, 3.63) is 29.6 Å². The third-order valence-electron chi connectivity index (χ3n) is 2.72. The summed E-state index contributed by atoms with van der Waals surface area (Å²) in [4.78, 5) is 4.31. The summed E-state index contributed by atoms with van der Waals surface area (Å²) in [6.07, 6.45) is 0. The standard InChI is InChI=1S/C13H15NO3/c1-8-13-9(4-10(7-15)14-8)5-11(16-2)6-12(13)17-3/h4-6,15H,7H2,1-3H3. The third kappa shape index (κ3) is 2.03. The van der Waals surface area contributed by atoms with Crippen LogP contribution in [0.5, 0.6) is 11.5 Å². The maximum atomic E-state index is 9.15. The zero-order valence-electron chi connectivity index (χ0n) is 10.2. The number of nitrogens with zero attached hydrogens (tertiary/aromatic N) is 1. The van der Waals surface area contributed by atoms with Crippen LogP contribution >= 0.6 is 0 Å². The van der Waals surface area contributed by atoms with Gasteiger partial charge in [0.05, 0.1) is 26.5 Å². The molecule has 0 radical (unpaired) electrons. The van der Waals surface area contributed by atoms with Crippen molar-refractivity contribution in [1.29, 1.82) is 0 Å². The first-order valence-electron chi connectivity index (χ1n) is 5.32. The van der Waals surface area contributed by atoms with Crippen molar-refractivity contribution in [3.63, 3.8) is 0 Å². The molecule has 0 saturated heterocycles. The number of pyridine rings is 1. The Morgan fingerprint density at radius 1 is 1.18 bits per heavy atom. The quantitative estimate of drug-likeness (QED) is 0.881. The second kappa shape index (κ2) is 4.59. The number of aryl methyl sites for hydroxylation is 1. The van der Waals surface area contributed by atoms with E-state index in [0.29, 0.717) is 5.69 Å². The number of aliphatic hydroxyl groups excluding tert-OH is 1. The molecule has 0 atom stereocenters. The summed E-state index contributed by atoms with van der Waals surface area (Å²) in [6.45, 7) is 1.83. The zero-order chi connectivity index (χ0) is 12.4. The van der Waals surface area contributed by atoms with Gasteiger partial charge in [-0.1, -0.05) is 0 Å². The molecular formula is C13H15NO3. The molecular weight excluding hydrogens is 218 g/mol. The van der Waals surface area contributed by atoms with Crippen LogP contribution in [0.25, 0.3) is 10.8 Å². The van der Waals surface area contributed by atoms with E-state index in [2.05, 4.69) is 4.98 Å². The van der Waals surface area contributed by atoms with Gasteiger partial charge in [-0.2, -0.15) is 0 Å². The number of aliphatic hydroxyl groups is 1. The third-order valence-corrected chi connectivity index (χ3v) is 2.72. The predicted octanol–water partition coefficient (Wildman–Crippen LogP) is 2.05. The van der Waals surface area contributed by atoms with Gasteiger partial charge in [0.1, 0.15) is 11.5 Å². The van der Waals surface area contributed by atoms with E-state index < -0.39 is 0 Å². The Bertz CT molecular complexity index is 547. The highest BCUT2D eigenvalue weighted by Gasteiger charge is 2.10. The molecule has 0 saturated carbocycles. The van der Waals surface area contributed by atoms with E-state index in [4.69, 9.17) is 14.6 Å². The highest BCUT2D eigenvalue weighted by Crippen LogP contribution is 2.33. The van der Waals surface area contributed by atoms with Gasteiger partial charge in [0.25, 0.3) is 0 Å². The molecule has 1 N–H and O–H groups in total. The lowest BCUT2D eigenvalue weighted by Gasteiger charge is -2.11. The van der Waals surface area contributed by atoms with E-state index in [9.17, 15) is 0 Å². The van der Waals surface area contributed by atoms with Crippen LogP contribution in [0.4, 0.5) is 0 Å². The van der Waals surface area contributed by atoms with Crippen LogP contribution in [0.2, 0.25) is 0 Å². The largest absolute Gasteiger partial charge is 0.497 e. The second-order valence-electron chi connectivity index (χ2n) is 3.78. The first kappa shape index (κ1) is 11.7. The summed E-state index contributed by atoms with van der Waals surface area (Å²) in [7, 11) is 3.23. The number of hydrogen-bond acceptors (Lipinski definition) is 4. The van der Waals surface area contributed by atoms with Crippen LogP contribution in [0.3, 0.4) is 0 Å². The highest BCUT2D eigenvalue weighted by atomic mass is 16.5. The first-order chi connectivity index (χ1) is 8.19. The van der Waals surface area contributed by atoms with E-state index in [1.54, 1.807) is 14.2 Å². The molecule has 0 aliphatic rings. The van der Waals surface area contributed by atoms with Crippen LogP contribution < -0.4 is 9.47 Å². The van der Waals surface area contributed by atoms with Gasteiger partial charge in [-0.05, 0) is 24.4 Å². The first-order valence-corrected chi connectivity index (χ1v) is 5.32. The summed E-state index contributed by atoms with van der Waals surface area (Å²) in [5.74, 6) is 1.46. The summed E-state index contributed by atoms with van der Waals surface area (Å²) < 4.78 is 10.6. The molecule has 17 heavy (non-hydrogen) atoms. The molecule has 4 heteroatoms. The molecule has 2 aromatic rings. The van der Waals surface area contributed by atoms with Crippen molar-refractivity contribution < 1.29 is 14.6 Å². The Kier molecular flexibility index (Phi) is 3.15. The number of methoxy groups -OCH3 is 2. The predicted molar refractivity (Wildman–Crippen MR) is 65.5 cm³/mol. The Hall–Kier alpha value is -1.81. The van der Waals surface area contributed by atoms with E-state index in [1.165, 1.54) is 0 Å². The van der Waals surface area contributed by atoms with Crippen molar-refractivity contribution in [2.45, 2.75) is 13.5 Å². The monoisotopic (exact) mass is 233 g/mol. The SMILES string of the molecule is COc1cc(OC)c2c(C)nc(CO)cc2c1. The molecule has 0 unspecified atom stereocenters. The van der Waals surface area contributed by atoms with Gasteiger partial charge in [-0.3, -0.25) is 4.98 Å². The van der Waals surface area contributed by atoms with Gasteiger partial charge in [-0.15, -0.1) is 0 Å². The maximum absolute atomic E-state index is 9.15. The van der Waals surface area contributed by atoms with E-state index in [0.717, 1.165) is 28.0 Å². The average molecular weight is 233 g/mol. The Labute approximate surface area is 99.8 Å². The zero-order valence-corrected chi connectivity index (χ0v) is 10.2. The van der Waals surface area contributed by atoms with E-state index in [-0.39, 0.29) is 6.61 Å². The number of rotatable bonds is 3. The van der Waals surface area contributed by atoms with Crippen molar-refractivity contribution in [2.75, 3.05) is 14.2 Å². The van der Waals surface area contributed by atoms with Gasteiger partial charge < -0.3 is 14.6 Å². The molecule has 0 aliphatic carbocycles. The van der Waals surface area contributed by atoms with Gasteiger partial charge in [0, 0.05) is 17.1 Å². The number of benzene rings is 1. The molecule has 90 valence electrons. The lowest BCUT2D eigenvalue weighted by atomic mass is 10.1. The van der Waals surface area contributed by atoms with Gasteiger partial charge >= 0.3 is 0 Å². The fourth-order valence-electron chi connectivity index (χ4n) is 1.95. The molecule has 0 bridgehead atoms. The fraction of sp³-hybridized carbons (Fsp3) is 0.308. The van der Waals surface area contributed by atoms with E-state index in [1.807, 2.05) is 25.1 Å². The smallest absolute Gasteiger partial charge is 0.132 e. The minimum atomic E-state index is -0.0731. The van der Waals surface area contributed by atoms with Crippen molar-refractivity contribution >= 4 is 10.8 Å². The molecule has 0 aliphatic heterocycles. The Morgan fingerprint density at radius 2 is 1.94 bits per heavy atom. The van der Waals surface area contributed by atoms with Crippen LogP contribution in [0.1, 0.15) is 11.4 Å². The number of ether oxygens (including phenoxy) is 2. The maximum Gasteiger partial charge on any atom is 0.132 e. The molecule has 0 amide bonds. The number of hydrogen-bond donors (Lipinski definition) is 1. The van der Waals surface area contributed by atoms with Crippen LogP contribution in [-0.4, -0.2) is 24.3 Å². The van der Waals surface area contributed by atoms with Gasteiger partial charge in [0.15, 0.2) is 0 Å². The summed E-state index contributed by atoms with van der Waals surface area (Å²) in [5.41, 5.74) is 1.48. The highest BCUT2D eigenvalue weighted by molar-refractivity contribution is 5.91. The van der Waals surface area contributed by atoms with Gasteiger partial charge in [-0.25, -0.2) is 0 Å². The second-order valence-corrected chi connectivity index (χ2v) is 3.78. The minimum absolute atomic E-state index is 0.0731. The molecule has 1 heterocycles. The van der Waals surface area contributed by atoms with Crippen LogP contribution in [0.15, 0.2) is 18.2 Å². The Balaban J connectivity index is 2.79. The summed E-state index contributed by atoms with van der Waals surface area (Å²) in [6, 6.07) is 5.58. The van der Waals surface area contributed by atoms with Crippen molar-refractivity contribution in [2.24, 2.45) is 0 Å². The lowest BCUT2D eigenvalue weighted by Crippen LogP contribution is -1.96. The molecule has 4 nitrogen and oxygen atoms in total. The minimum Gasteiger partial charge on any atom is -0.497 e. The van der Waals surface area contributed by atoms with Crippen LogP contribution in [-0.2, 0) is 6.61 Å². The molecule has 1 aromatic heterocycles. The van der Waals surface area contributed by atoms with Crippen LogP contribution in [0, 0.1) is 6.92 Å². The van der Waals surface area contributed by atoms with E-state index >= 15 is 0 Å². The van der Waals surface area contributed by atoms with Gasteiger partial charge in [0.2, 0.25) is 0 Å². The summed E-state index contributed by atoms with van der Waals surface area (Å²) >= 11 is 0. The normalized spacial score (nSPS) is 10.6. The summed E-state index contributed by atoms with van der Waals surface area (Å²) in [5, 5.41) is 11.1. The average Bonchev–Trinajstić information content (AvgIpc) is 2.36. The molecule has 2 rings (SSSR count). The molecule has 0 fully saturated rings.